The normalized spacial score (nSPS) is 53.9. The smallest absolute Gasteiger partial charge is 0.331 e. The number of carbonyl (C=O) groups is 2. The van der Waals surface area contributed by atoms with Gasteiger partial charge in [0.1, 0.15) is 19.0 Å². The van der Waals surface area contributed by atoms with E-state index in [0.717, 1.165) is 31.1 Å². The number of cyclic esters (lactones) is 1. The molecule has 7 rings (SSSR count). The van der Waals surface area contributed by atoms with Gasteiger partial charge >= 0.3 is 5.97 Å². The number of hydrogen-bond donors (Lipinski definition) is 2. The number of esters is 1. The molecule has 3 heterocycles. The Labute approximate surface area is 242 Å². The Kier molecular flexibility index (Phi) is 6.46. The number of aliphatic hydroxyl groups is 2. The molecule has 0 aromatic rings. The van der Waals surface area contributed by atoms with Crippen molar-refractivity contribution in [3.8, 4) is 0 Å². The first-order chi connectivity index (χ1) is 19.3. The molecule has 228 valence electrons. The first-order valence-electron chi connectivity index (χ1n) is 15.8. The second-order valence-electron chi connectivity index (χ2n) is 14.9. The molecule has 0 aromatic carbocycles. The molecule has 41 heavy (non-hydrogen) atoms. The fourth-order valence-electron chi connectivity index (χ4n) is 10.7. The van der Waals surface area contributed by atoms with Gasteiger partial charge in [-0.2, -0.15) is 0 Å². The zero-order chi connectivity index (χ0) is 29.0. The van der Waals surface area contributed by atoms with Crippen molar-refractivity contribution < 1.29 is 43.5 Å². The van der Waals surface area contributed by atoms with Gasteiger partial charge in [-0.15, -0.1) is 0 Å². The van der Waals surface area contributed by atoms with Crippen LogP contribution in [0.5, 0.6) is 0 Å². The molecule has 0 aromatic heterocycles. The van der Waals surface area contributed by atoms with Crippen LogP contribution in [0.4, 0.5) is 0 Å². The number of fused-ring (bicyclic) bond motifs is 6. The van der Waals surface area contributed by atoms with Crippen molar-refractivity contribution in [2.75, 3.05) is 6.61 Å². The molecule has 0 bridgehead atoms. The van der Waals surface area contributed by atoms with Crippen LogP contribution < -0.4 is 0 Å². The van der Waals surface area contributed by atoms with Crippen molar-refractivity contribution in [1.29, 1.82) is 0 Å². The van der Waals surface area contributed by atoms with E-state index in [9.17, 15) is 19.8 Å². The van der Waals surface area contributed by atoms with Crippen LogP contribution in [0, 0.1) is 28.6 Å². The zero-order valence-corrected chi connectivity index (χ0v) is 24.8. The van der Waals surface area contributed by atoms with Gasteiger partial charge < -0.3 is 38.7 Å². The second-order valence-corrected chi connectivity index (χ2v) is 14.9. The zero-order valence-electron chi connectivity index (χ0n) is 24.8. The van der Waals surface area contributed by atoms with Gasteiger partial charge in [-0.05, 0) is 95.5 Å². The molecule has 4 aliphatic carbocycles. The lowest BCUT2D eigenvalue weighted by Gasteiger charge is -2.65. The highest BCUT2D eigenvalue weighted by Crippen LogP contribution is 2.70. The van der Waals surface area contributed by atoms with Crippen LogP contribution in [0.2, 0.25) is 0 Å². The predicted molar refractivity (Wildman–Crippen MR) is 145 cm³/mol. The minimum atomic E-state index is -1.19. The van der Waals surface area contributed by atoms with E-state index < -0.39 is 28.7 Å². The topological polar surface area (TPSA) is 121 Å². The van der Waals surface area contributed by atoms with E-state index in [1.807, 2.05) is 20.8 Å². The lowest BCUT2D eigenvalue weighted by Crippen LogP contribution is -2.69. The predicted octanol–water partition coefficient (Wildman–Crippen LogP) is 3.58. The van der Waals surface area contributed by atoms with Gasteiger partial charge in [-0.1, -0.05) is 6.92 Å². The van der Waals surface area contributed by atoms with E-state index in [1.54, 1.807) is 6.08 Å². The van der Waals surface area contributed by atoms with Crippen LogP contribution in [-0.2, 0) is 33.3 Å². The highest BCUT2D eigenvalue weighted by atomic mass is 16.8. The van der Waals surface area contributed by atoms with Gasteiger partial charge in [-0.25, -0.2) is 4.79 Å². The minimum absolute atomic E-state index is 0.0739. The van der Waals surface area contributed by atoms with E-state index in [1.165, 1.54) is 0 Å². The molecular weight excluding hydrogens is 528 g/mol. The molecule has 2 N–H and O–H groups in total. The number of ether oxygens (including phenoxy) is 5. The van der Waals surface area contributed by atoms with E-state index in [4.69, 9.17) is 23.7 Å². The van der Waals surface area contributed by atoms with Crippen molar-refractivity contribution in [2.45, 2.75) is 140 Å². The Bertz CT molecular complexity index is 1140. The highest BCUT2D eigenvalue weighted by Gasteiger charge is 2.71. The molecule has 4 saturated carbocycles. The molecule has 0 unspecified atom stereocenters. The standard InChI is InChI=1S/C32H46O9/c1-18-27-24(40-28(2,3)41-27)14-26(38-18)39-20-5-10-30(17-33)22-6-9-29(4)21(19-13-25(34)37-16-19)8-12-32(29,36)23(22)7-11-31(30,35)15-20/h13,17-18,20-24,26-27,35-36H,5-12,14-16H2,1-4H3/t18-,20+,21-,22+,23-,24+,26+,27-,29-,30+,31+,32+/m1/s1. The second kappa shape index (κ2) is 9.32. The summed E-state index contributed by atoms with van der Waals surface area (Å²) in [6.45, 7) is 8.28. The van der Waals surface area contributed by atoms with Crippen LogP contribution in [0.25, 0.3) is 0 Å². The molecule has 6 fully saturated rings. The Morgan fingerprint density at radius 2 is 1.78 bits per heavy atom. The van der Waals surface area contributed by atoms with E-state index >= 15 is 0 Å². The average molecular weight is 575 g/mol. The molecule has 9 heteroatoms. The number of rotatable bonds is 4. The number of aldehydes is 1. The average Bonchev–Trinajstić information content (AvgIpc) is 3.55. The minimum Gasteiger partial charge on any atom is -0.458 e. The molecule has 12 atom stereocenters. The molecule has 0 spiro atoms. The Morgan fingerprint density at radius 1 is 1.00 bits per heavy atom. The maximum Gasteiger partial charge on any atom is 0.331 e. The first kappa shape index (κ1) is 28.4. The molecule has 2 saturated heterocycles. The number of carbonyl (C=O) groups excluding carboxylic acids is 2. The van der Waals surface area contributed by atoms with Crippen molar-refractivity contribution in [1.82, 2.24) is 0 Å². The van der Waals surface area contributed by atoms with Gasteiger partial charge in [0.05, 0.1) is 34.9 Å². The molecule has 0 amide bonds. The quantitative estimate of drug-likeness (QED) is 0.295. The molecule has 0 radical (unpaired) electrons. The highest BCUT2D eigenvalue weighted by molar-refractivity contribution is 5.85. The maximum absolute atomic E-state index is 13.1. The van der Waals surface area contributed by atoms with Crippen LogP contribution >= 0.6 is 0 Å². The molecule has 3 aliphatic heterocycles. The largest absolute Gasteiger partial charge is 0.458 e. The fourth-order valence-corrected chi connectivity index (χ4v) is 10.7. The summed E-state index contributed by atoms with van der Waals surface area (Å²) in [6.07, 6.45) is 7.78. The SMILES string of the molecule is C[C@H]1O[C@@H](O[C@H]2CC[C@]3(C=O)[C@H]4CC[C@]5(C)[C@@H](C6=CC(=O)OC6)CC[C@]5(O)[C@@H]4CC[C@]3(O)C2)C[C@@H]2OC(C)(C)O[C@@H]21. The molecular formula is C32H46O9. The Morgan fingerprint density at radius 3 is 2.51 bits per heavy atom. The van der Waals surface area contributed by atoms with Gasteiger partial charge in [-0.3, -0.25) is 0 Å². The summed E-state index contributed by atoms with van der Waals surface area (Å²) in [6, 6.07) is 0. The van der Waals surface area contributed by atoms with Crippen LogP contribution in [0.1, 0.15) is 91.9 Å². The fraction of sp³-hybridized carbons (Fsp3) is 0.875. The van der Waals surface area contributed by atoms with Gasteiger partial charge in [0.2, 0.25) is 0 Å². The third-order valence-corrected chi connectivity index (χ3v) is 12.7. The summed E-state index contributed by atoms with van der Waals surface area (Å²) in [5, 5.41) is 24.7. The van der Waals surface area contributed by atoms with Crippen molar-refractivity contribution in [3.63, 3.8) is 0 Å². The molecule has 9 nitrogen and oxygen atoms in total. The van der Waals surface area contributed by atoms with Crippen LogP contribution in [0.15, 0.2) is 11.6 Å². The first-order valence-corrected chi connectivity index (χ1v) is 15.8. The van der Waals surface area contributed by atoms with Crippen molar-refractivity contribution in [2.24, 2.45) is 28.6 Å². The van der Waals surface area contributed by atoms with Gasteiger partial charge in [0.25, 0.3) is 0 Å². The lowest BCUT2D eigenvalue weighted by atomic mass is 9.41. The van der Waals surface area contributed by atoms with E-state index in [-0.39, 0.29) is 53.6 Å². The molecule has 7 aliphatic rings. The van der Waals surface area contributed by atoms with Crippen molar-refractivity contribution >= 4 is 12.3 Å². The summed E-state index contributed by atoms with van der Waals surface area (Å²) in [4.78, 5) is 24.9. The van der Waals surface area contributed by atoms with Crippen LogP contribution in [-0.4, -0.2) is 76.8 Å². The Balaban J connectivity index is 1.08. The van der Waals surface area contributed by atoms with Crippen LogP contribution in [0.3, 0.4) is 0 Å². The van der Waals surface area contributed by atoms with Crippen molar-refractivity contribution in [3.05, 3.63) is 11.6 Å². The summed E-state index contributed by atoms with van der Waals surface area (Å²) < 4.78 is 30.0. The van der Waals surface area contributed by atoms with Gasteiger partial charge in [0, 0.05) is 24.3 Å². The lowest BCUT2D eigenvalue weighted by molar-refractivity contribution is -0.278. The van der Waals surface area contributed by atoms with E-state index in [2.05, 4.69) is 6.92 Å². The summed E-state index contributed by atoms with van der Waals surface area (Å²) >= 11 is 0. The summed E-state index contributed by atoms with van der Waals surface area (Å²) in [7, 11) is 0. The van der Waals surface area contributed by atoms with Gasteiger partial charge in [0.15, 0.2) is 12.1 Å². The maximum atomic E-state index is 13.1. The third kappa shape index (κ3) is 4.02. The monoisotopic (exact) mass is 574 g/mol. The third-order valence-electron chi connectivity index (χ3n) is 12.7. The summed E-state index contributed by atoms with van der Waals surface area (Å²) in [5.41, 5.74) is -2.44. The summed E-state index contributed by atoms with van der Waals surface area (Å²) in [5.74, 6) is -1.02. The number of hydrogen-bond acceptors (Lipinski definition) is 9. The van der Waals surface area contributed by atoms with E-state index in [0.29, 0.717) is 51.6 Å². The Hall–Kier alpha value is -1.36.